The summed E-state index contributed by atoms with van der Waals surface area (Å²) >= 11 is 5.81. The van der Waals surface area contributed by atoms with E-state index in [0.29, 0.717) is 5.02 Å². The highest BCUT2D eigenvalue weighted by molar-refractivity contribution is 6.30. The summed E-state index contributed by atoms with van der Waals surface area (Å²) in [6, 6.07) is 10.1. The summed E-state index contributed by atoms with van der Waals surface area (Å²) in [7, 11) is 0. The van der Waals surface area contributed by atoms with E-state index in [1.165, 1.54) is 12.3 Å². The third-order valence-electron chi connectivity index (χ3n) is 2.78. The Labute approximate surface area is 115 Å². The Hall–Kier alpha value is -2.07. The lowest BCUT2D eigenvalue weighted by atomic mass is 10.1. The van der Waals surface area contributed by atoms with Crippen LogP contribution in [0.1, 0.15) is 28.9 Å². The minimum absolute atomic E-state index is 0.100. The first-order valence-corrected chi connectivity index (χ1v) is 6.20. The maximum atomic E-state index is 12.0. The van der Waals surface area contributed by atoms with Crippen LogP contribution in [0.25, 0.3) is 0 Å². The maximum Gasteiger partial charge on any atom is 0.260 e. The molecule has 0 spiro atoms. The Kier molecular flexibility index (Phi) is 4.02. The monoisotopic (exact) mass is 276 g/mol. The first kappa shape index (κ1) is 13.4. The Morgan fingerprint density at radius 3 is 2.58 bits per heavy atom. The lowest BCUT2D eigenvalue weighted by Crippen LogP contribution is -2.31. The van der Waals surface area contributed by atoms with Gasteiger partial charge in [-0.2, -0.15) is 0 Å². The Bertz CT molecular complexity index is 634. The van der Waals surface area contributed by atoms with Crippen LogP contribution in [-0.4, -0.2) is 10.9 Å². The van der Waals surface area contributed by atoms with Gasteiger partial charge in [0.2, 0.25) is 0 Å². The molecule has 0 saturated carbocycles. The van der Waals surface area contributed by atoms with Gasteiger partial charge in [-0.3, -0.25) is 9.59 Å². The predicted octanol–water partition coefficient (Wildman–Crippen LogP) is 2.52. The molecule has 1 amide bonds. The van der Waals surface area contributed by atoms with E-state index in [4.69, 9.17) is 11.6 Å². The van der Waals surface area contributed by atoms with Gasteiger partial charge >= 0.3 is 0 Å². The van der Waals surface area contributed by atoms with Crippen LogP contribution in [0.3, 0.4) is 0 Å². The molecular weight excluding hydrogens is 264 g/mol. The summed E-state index contributed by atoms with van der Waals surface area (Å²) < 4.78 is 0. The molecule has 0 aliphatic heterocycles. The largest absolute Gasteiger partial charge is 0.345 e. The topological polar surface area (TPSA) is 62.0 Å². The second-order valence-corrected chi connectivity index (χ2v) is 4.60. The number of nitrogens with one attached hydrogen (secondary N) is 2. The number of H-pyrrole nitrogens is 1. The second-order valence-electron chi connectivity index (χ2n) is 4.16. The number of rotatable bonds is 3. The summed E-state index contributed by atoms with van der Waals surface area (Å²) in [5, 5.41) is 3.41. The van der Waals surface area contributed by atoms with Crippen LogP contribution >= 0.6 is 11.6 Å². The first-order valence-electron chi connectivity index (χ1n) is 5.82. The van der Waals surface area contributed by atoms with Crippen molar-refractivity contribution in [2.75, 3.05) is 0 Å². The molecule has 2 N–H and O–H groups in total. The normalized spacial score (nSPS) is 11.9. The predicted molar refractivity (Wildman–Crippen MR) is 74.4 cm³/mol. The van der Waals surface area contributed by atoms with Gasteiger partial charge < -0.3 is 10.3 Å². The van der Waals surface area contributed by atoms with Crippen LogP contribution in [0.5, 0.6) is 0 Å². The standard InChI is InChI=1S/C14H13ClN2O2/c1-9(10-4-6-11(15)7-5-10)17-14(19)12-3-2-8-16-13(12)18/h2-9H,1H3,(H,16,18)(H,17,19). The maximum absolute atomic E-state index is 12.0. The molecule has 0 aliphatic carbocycles. The number of carbonyl (C=O) groups is 1. The van der Waals surface area contributed by atoms with E-state index >= 15 is 0 Å². The van der Waals surface area contributed by atoms with E-state index < -0.39 is 11.5 Å². The average Bonchev–Trinajstić information content (AvgIpc) is 2.39. The molecule has 0 bridgehead atoms. The fraction of sp³-hybridized carbons (Fsp3) is 0.143. The lowest BCUT2D eigenvalue weighted by molar-refractivity contribution is 0.0938. The second kappa shape index (κ2) is 5.71. The molecule has 98 valence electrons. The number of hydrogen-bond acceptors (Lipinski definition) is 2. The smallest absolute Gasteiger partial charge is 0.260 e. The van der Waals surface area contributed by atoms with Gasteiger partial charge in [0.25, 0.3) is 11.5 Å². The van der Waals surface area contributed by atoms with Gasteiger partial charge in [0.1, 0.15) is 5.56 Å². The summed E-state index contributed by atoms with van der Waals surface area (Å²) in [6.45, 7) is 1.85. The van der Waals surface area contributed by atoms with Gasteiger partial charge in [-0.25, -0.2) is 0 Å². The van der Waals surface area contributed by atoms with Gasteiger partial charge in [0.15, 0.2) is 0 Å². The average molecular weight is 277 g/mol. The van der Waals surface area contributed by atoms with Crippen molar-refractivity contribution in [2.24, 2.45) is 0 Å². The van der Waals surface area contributed by atoms with Crippen molar-refractivity contribution in [1.29, 1.82) is 0 Å². The van der Waals surface area contributed by atoms with E-state index in [1.54, 1.807) is 18.2 Å². The van der Waals surface area contributed by atoms with Gasteiger partial charge in [0, 0.05) is 11.2 Å². The summed E-state index contributed by atoms with van der Waals surface area (Å²) in [5.74, 6) is -0.399. The molecule has 1 atom stereocenters. The van der Waals surface area contributed by atoms with Gasteiger partial charge in [-0.05, 0) is 36.8 Å². The van der Waals surface area contributed by atoms with E-state index in [1.807, 2.05) is 19.1 Å². The number of hydrogen-bond donors (Lipinski definition) is 2. The third-order valence-corrected chi connectivity index (χ3v) is 3.03. The van der Waals surface area contributed by atoms with E-state index in [2.05, 4.69) is 10.3 Å². The summed E-state index contributed by atoms with van der Waals surface area (Å²) in [6.07, 6.45) is 1.49. The SMILES string of the molecule is CC(NC(=O)c1ccc[nH]c1=O)c1ccc(Cl)cc1. The van der Waals surface area contributed by atoms with Gasteiger partial charge in [0.05, 0.1) is 6.04 Å². The molecule has 1 heterocycles. The number of halogens is 1. The fourth-order valence-electron chi connectivity index (χ4n) is 1.71. The molecular formula is C14H13ClN2O2. The molecule has 0 aliphatic rings. The van der Waals surface area contributed by atoms with Gasteiger partial charge in [-0.1, -0.05) is 23.7 Å². The van der Waals surface area contributed by atoms with E-state index in [0.717, 1.165) is 5.56 Å². The molecule has 0 radical (unpaired) electrons. The highest BCUT2D eigenvalue weighted by Gasteiger charge is 2.13. The number of amides is 1. The molecule has 19 heavy (non-hydrogen) atoms. The fourth-order valence-corrected chi connectivity index (χ4v) is 1.84. The number of pyridine rings is 1. The molecule has 2 rings (SSSR count). The van der Waals surface area contributed by atoms with Crippen LogP contribution in [-0.2, 0) is 0 Å². The molecule has 4 nitrogen and oxygen atoms in total. The van der Waals surface area contributed by atoms with Gasteiger partial charge in [-0.15, -0.1) is 0 Å². The molecule has 0 saturated heterocycles. The van der Waals surface area contributed by atoms with Crippen molar-refractivity contribution < 1.29 is 4.79 Å². The van der Waals surface area contributed by atoms with Crippen molar-refractivity contribution >= 4 is 17.5 Å². The Balaban J connectivity index is 2.13. The molecule has 1 unspecified atom stereocenters. The first-order chi connectivity index (χ1) is 9.08. The lowest BCUT2D eigenvalue weighted by Gasteiger charge is -2.14. The van der Waals surface area contributed by atoms with Crippen molar-refractivity contribution in [3.05, 3.63) is 69.1 Å². The van der Waals surface area contributed by atoms with Crippen LogP contribution in [0.2, 0.25) is 5.02 Å². The van der Waals surface area contributed by atoms with E-state index in [-0.39, 0.29) is 11.6 Å². The molecule has 1 aromatic carbocycles. The molecule has 5 heteroatoms. The van der Waals surface area contributed by atoms with E-state index in [9.17, 15) is 9.59 Å². The molecule has 0 fully saturated rings. The zero-order valence-corrected chi connectivity index (χ0v) is 11.1. The number of benzene rings is 1. The zero-order chi connectivity index (χ0) is 13.8. The van der Waals surface area contributed by atoms with Crippen molar-refractivity contribution in [2.45, 2.75) is 13.0 Å². The molecule has 1 aromatic heterocycles. The minimum atomic E-state index is -0.400. The highest BCUT2D eigenvalue weighted by atomic mass is 35.5. The minimum Gasteiger partial charge on any atom is -0.345 e. The van der Waals surface area contributed by atoms with Crippen LogP contribution < -0.4 is 10.9 Å². The summed E-state index contributed by atoms with van der Waals surface area (Å²) in [4.78, 5) is 25.9. The highest BCUT2D eigenvalue weighted by Crippen LogP contribution is 2.16. The Morgan fingerprint density at radius 1 is 1.26 bits per heavy atom. The number of carbonyl (C=O) groups excluding carboxylic acids is 1. The van der Waals surface area contributed by atoms with Crippen molar-refractivity contribution in [1.82, 2.24) is 10.3 Å². The van der Waals surface area contributed by atoms with Crippen LogP contribution in [0, 0.1) is 0 Å². The van der Waals surface area contributed by atoms with Crippen LogP contribution in [0.4, 0.5) is 0 Å². The summed E-state index contributed by atoms with van der Waals surface area (Å²) in [5.41, 5.74) is 0.622. The number of aromatic amines is 1. The number of aromatic nitrogens is 1. The Morgan fingerprint density at radius 2 is 1.95 bits per heavy atom. The van der Waals surface area contributed by atoms with Crippen LogP contribution in [0.15, 0.2) is 47.4 Å². The van der Waals surface area contributed by atoms with Crippen molar-refractivity contribution in [3.63, 3.8) is 0 Å². The zero-order valence-electron chi connectivity index (χ0n) is 10.3. The quantitative estimate of drug-likeness (QED) is 0.905. The van der Waals surface area contributed by atoms with Crippen molar-refractivity contribution in [3.8, 4) is 0 Å². The third kappa shape index (κ3) is 3.23. The molecule has 2 aromatic rings.